The van der Waals surface area contributed by atoms with Crippen LogP contribution >= 0.6 is 0 Å². The van der Waals surface area contributed by atoms with Crippen molar-refractivity contribution in [1.82, 2.24) is 10.2 Å². The summed E-state index contributed by atoms with van der Waals surface area (Å²) in [6.07, 6.45) is 0.433. The van der Waals surface area contributed by atoms with Gasteiger partial charge in [0.05, 0.1) is 13.2 Å². The van der Waals surface area contributed by atoms with E-state index < -0.39 is 5.97 Å². The first-order valence-corrected chi connectivity index (χ1v) is 5.06. The van der Waals surface area contributed by atoms with E-state index in [-0.39, 0.29) is 11.8 Å². The Hall–Kier alpha value is -1.69. The molecule has 0 aromatic carbocycles. The Morgan fingerprint density at radius 2 is 2.38 bits per heavy atom. The average molecular weight is 223 g/mol. The largest absolute Gasteiger partial charge is 0.464 e. The molecule has 1 N–H and O–H groups in total. The maximum absolute atomic E-state index is 11.1. The van der Waals surface area contributed by atoms with Crippen LogP contribution in [0.1, 0.15) is 16.9 Å². The number of aliphatic hydroxyl groups excluding tert-OH is 1. The molecule has 0 bridgehead atoms. The van der Waals surface area contributed by atoms with Crippen molar-refractivity contribution in [3.8, 4) is 0 Å². The Morgan fingerprint density at radius 1 is 1.56 bits per heavy atom. The molecule has 0 unspecified atom stereocenters. The number of anilines is 1. The van der Waals surface area contributed by atoms with Crippen LogP contribution in [0.4, 0.5) is 5.82 Å². The number of aliphatic hydroxyl groups is 1. The van der Waals surface area contributed by atoms with E-state index >= 15 is 0 Å². The fourth-order valence-corrected chi connectivity index (χ4v) is 1.66. The van der Waals surface area contributed by atoms with Gasteiger partial charge in [0.2, 0.25) is 0 Å². The Bertz CT molecular complexity index is 379. The first-order valence-electron chi connectivity index (χ1n) is 5.06. The SMILES string of the molecule is COC(=O)c1ccc(N2CC[C@@H](O)C2)nn1. The number of carbonyl (C=O) groups is 1. The minimum atomic E-state index is -0.500. The number of methoxy groups -OCH3 is 1. The molecule has 0 radical (unpaired) electrons. The number of esters is 1. The van der Waals surface area contributed by atoms with Crippen molar-refractivity contribution in [3.63, 3.8) is 0 Å². The van der Waals surface area contributed by atoms with Gasteiger partial charge in [0.25, 0.3) is 0 Å². The first kappa shape index (κ1) is 10.8. The lowest BCUT2D eigenvalue weighted by Gasteiger charge is -2.15. The third kappa shape index (κ3) is 2.11. The molecule has 86 valence electrons. The monoisotopic (exact) mass is 223 g/mol. The molecule has 1 aromatic heterocycles. The fraction of sp³-hybridized carbons (Fsp3) is 0.500. The number of nitrogens with zero attached hydrogens (tertiary/aromatic N) is 3. The Kier molecular flexibility index (Phi) is 3.00. The first-order chi connectivity index (χ1) is 7.70. The molecule has 1 aliphatic rings. The highest BCUT2D eigenvalue weighted by molar-refractivity contribution is 5.86. The molecule has 0 amide bonds. The highest BCUT2D eigenvalue weighted by Crippen LogP contribution is 2.17. The number of rotatable bonds is 2. The standard InChI is InChI=1S/C10H13N3O3/c1-16-10(15)8-2-3-9(12-11-8)13-5-4-7(14)6-13/h2-3,7,14H,4-6H2,1H3/t7-/m1/s1. The van der Waals surface area contributed by atoms with Crippen molar-refractivity contribution in [2.24, 2.45) is 0 Å². The van der Waals surface area contributed by atoms with E-state index in [1.54, 1.807) is 12.1 Å². The van der Waals surface area contributed by atoms with Gasteiger partial charge in [-0.05, 0) is 18.6 Å². The van der Waals surface area contributed by atoms with Gasteiger partial charge >= 0.3 is 5.97 Å². The van der Waals surface area contributed by atoms with Crippen LogP contribution in [0.2, 0.25) is 0 Å². The summed E-state index contributed by atoms with van der Waals surface area (Å²) in [5.41, 5.74) is 0.186. The number of aromatic nitrogens is 2. The van der Waals surface area contributed by atoms with Crippen LogP contribution in [0, 0.1) is 0 Å². The molecule has 16 heavy (non-hydrogen) atoms. The summed E-state index contributed by atoms with van der Waals surface area (Å²) in [6, 6.07) is 3.27. The summed E-state index contributed by atoms with van der Waals surface area (Å²) in [6.45, 7) is 1.32. The minimum absolute atomic E-state index is 0.186. The lowest BCUT2D eigenvalue weighted by Crippen LogP contribution is -2.22. The molecule has 1 fully saturated rings. The Balaban J connectivity index is 2.10. The van der Waals surface area contributed by atoms with Gasteiger partial charge in [-0.3, -0.25) is 0 Å². The van der Waals surface area contributed by atoms with E-state index in [0.717, 1.165) is 13.0 Å². The molecule has 1 saturated heterocycles. The molecule has 6 heteroatoms. The van der Waals surface area contributed by atoms with E-state index in [2.05, 4.69) is 14.9 Å². The Morgan fingerprint density at radius 3 is 2.88 bits per heavy atom. The highest BCUT2D eigenvalue weighted by Gasteiger charge is 2.21. The van der Waals surface area contributed by atoms with Gasteiger partial charge in [-0.15, -0.1) is 10.2 Å². The summed E-state index contributed by atoms with van der Waals surface area (Å²) in [4.78, 5) is 13.0. The van der Waals surface area contributed by atoms with Crippen LogP contribution in [0.25, 0.3) is 0 Å². The summed E-state index contributed by atoms with van der Waals surface area (Å²) >= 11 is 0. The molecular weight excluding hydrogens is 210 g/mol. The highest BCUT2D eigenvalue weighted by atomic mass is 16.5. The zero-order chi connectivity index (χ0) is 11.5. The van der Waals surface area contributed by atoms with E-state index in [9.17, 15) is 9.90 Å². The molecule has 0 aliphatic carbocycles. The van der Waals surface area contributed by atoms with Gasteiger partial charge in [-0.1, -0.05) is 0 Å². The smallest absolute Gasteiger partial charge is 0.358 e. The van der Waals surface area contributed by atoms with Crippen molar-refractivity contribution < 1.29 is 14.6 Å². The third-order valence-corrected chi connectivity index (χ3v) is 2.53. The van der Waals surface area contributed by atoms with Gasteiger partial charge < -0.3 is 14.7 Å². The van der Waals surface area contributed by atoms with Gasteiger partial charge in [0, 0.05) is 13.1 Å². The summed E-state index contributed by atoms with van der Waals surface area (Å²) in [5.74, 6) is 0.171. The molecule has 1 aliphatic heterocycles. The molecule has 1 atom stereocenters. The van der Waals surface area contributed by atoms with Crippen LogP contribution in [-0.4, -0.2) is 47.6 Å². The molecular formula is C10H13N3O3. The normalized spacial score (nSPS) is 19.9. The van der Waals surface area contributed by atoms with Crippen molar-refractivity contribution >= 4 is 11.8 Å². The summed E-state index contributed by atoms with van der Waals surface area (Å²) < 4.78 is 4.52. The molecule has 0 spiro atoms. The van der Waals surface area contributed by atoms with Crippen LogP contribution in [-0.2, 0) is 4.74 Å². The van der Waals surface area contributed by atoms with Crippen LogP contribution in [0.5, 0.6) is 0 Å². The maximum Gasteiger partial charge on any atom is 0.358 e. The van der Waals surface area contributed by atoms with Crippen LogP contribution < -0.4 is 4.90 Å². The van der Waals surface area contributed by atoms with Crippen LogP contribution in [0.15, 0.2) is 12.1 Å². The second-order valence-electron chi connectivity index (χ2n) is 3.66. The third-order valence-electron chi connectivity index (χ3n) is 2.53. The van der Waals surface area contributed by atoms with Gasteiger partial charge in [-0.2, -0.15) is 0 Å². The molecule has 2 heterocycles. The molecule has 0 saturated carbocycles. The predicted molar refractivity (Wildman–Crippen MR) is 56.2 cm³/mol. The quantitative estimate of drug-likeness (QED) is 0.702. The zero-order valence-corrected chi connectivity index (χ0v) is 8.96. The number of hydrogen-bond donors (Lipinski definition) is 1. The molecule has 1 aromatic rings. The average Bonchev–Trinajstić information content (AvgIpc) is 2.75. The van der Waals surface area contributed by atoms with Gasteiger partial charge in [0.1, 0.15) is 0 Å². The topological polar surface area (TPSA) is 75.5 Å². The summed E-state index contributed by atoms with van der Waals surface area (Å²) in [5, 5.41) is 17.1. The lowest BCUT2D eigenvalue weighted by molar-refractivity contribution is 0.0592. The van der Waals surface area contributed by atoms with Crippen LogP contribution in [0.3, 0.4) is 0 Å². The molecule has 6 nitrogen and oxygen atoms in total. The number of β-amino-alcohol motifs (C(OH)–C–C–N with tert-alkyl or cyclic N) is 1. The zero-order valence-electron chi connectivity index (χ0n) is 8.96. The maximum atomic E-state index is 11.1. The number of carbonyl (C=O) groups excluding carboxylic acids is 1. The van der Waals surface area contributed by atoms with E-state index in [1.807, 2.05) is 4.90 Å². The predicted octanol–water partition coefficient (Wildman–Crippen LogP) is -0.166. The lowest BCUT2D eigenvalue weighted by atomic mass is 10.3. The van der Waals surface area contributed by atoms with E-state index in [4.69, 9.17) is 0 Å². The molecule has 2 rings (SSSR count). The number of ether oxygens (including phenoxy) is 1. The minimum Gasteiger partial charge on any atom is -0.464 e. The number of hydrogen-bond acceptors (Lipinski definition) is 6. The van der Waals surface area contributed by atoms with Crippen molar-refractivity contribution in [3.05, 3.63) is 17.8 Å². The van der Waals surface area contributed by atoms with Crippen molar-refractivity contribution in [1.29, 1.82) is 0 Å². The van der Waals surface area contributed by atoms with Gasteiger partial charge in [-0.25, -0.2) is 4.79 Å². The second kappa shape index (κ2) is 4.44. The van der Waals surface area contributed by atoms with E-state index in [0.29, 0.717) is 12.4 Å². The second-order valence-corrected chi connectivity index (χ2v) is 3.66. The van der Waals surface area contributed by atoms with E-state index in [1.165, 1.54) is 7.11 Å². The Labute approximate surface area is 92.9 Å². The van der Waals surface area contributed by atoms with Crippen molar-refractivity contribution in [2.45, 2.75) is 12.5 Å². The summed E-state index contributed by atoms with van der Waals surface area (Å²) in [7, 11) is 1.30. The van der Waals surface area contributed by atoms with Crippen molar-refractivity contribution in [2.75, 3.05) is 25.1 Å². The fourth-order valence-electron chi connectivity index (χ4n) is 1.66. The van der Waals surface area contributed by atoms with Gasteiger partial charge in [0.15, 0.2) is 11.5 Å².